The Kier molecular flexibility index (Phi) is 3.97. The molecule has 2 nitrogen and oxygen atoms in total. The molecule has 0 spiro atoms. The second-order valence-corrected chi connectivity index (χ2v) is 5.18. The van der Waals surface area contributed by atoms with Gasteiger partial charge < -0.3 is 4.90 Å². The van der Waals surface area contributed by atoms with Crippen molar-refractivity contribution >= 4 is 5.91 Å². The highest BCUT2D eigenvalue weighted by atomic mass is 16.2. The van der Waals surface area contributed by atoms with Crippen molar-refractivity contribution in [3.05, 3.63) is 0 Å². The largest absolute Gasteiger partial charge is 0.340 e. The fourth-order valence-corrected chi connectivity index (χ4v) is 2.10. The van der Waals surface area contributed by atoms with Crippen molar-refractivity contribution in [1.82, 2.24) is 4.90 Å². The zero-order chi connectivity index (χ0) is 10.7. The van der Waals surface area contributed by atoms with Crippen LogP contribution in [0.4, 0.5) is 0 Å². The molecule has 0 aromatic rings. The number of hydrogen-bond donors (Lipinski definition) is 0. The van der Waals surface area contributed by atoms with Crippen LogP contribution in [0, 0.1) is 11.8 Å². The van der Waals surface area contributed by atoms with E-state index in [1.54, 1.807) is 0 Å². The minimum Gasteiger partial charge on any atom is -0.340 e. The third-order valence-corrected chi connectivity index (χ3v) is 3.02. The zero-order valence-electron chi connectivity index (χ0n) is 9.92. The van der Waals surface area contributed by atoms with Crippen LogP contribution in [0.15, 0.2) is 0 Å². The molecule has 0 radical (unpaired) electrons. The van der Waals surface area contributed by atoms with E-state index in [1.807, 2.05) is 0 Å². The van der Waals surface area contributed by atoms with Crippen molar-refractivity contribution in [2.45, 2.75) is 53.0 Å². The van der Waals surface area contributed by atoms with Crippen molar-refractivity contribution in [3.8, 4) is 0 Å². The summed E-state index contributed by atoms with van der Waals surface area (Å²) in [4.78, 5) is 14.0. The molecule has 1 saturated heterocycles. The van der Waals surface area contributed by atoms with E-state index in [0.29, 0.717) is 30.2 Å². The number of piperidine rings is 1. The molecule has 14 heavy (non-hydrogen) atoms. The summed E-state index contributed by atoms with van der Waals surface area (Å²) in [5.74, 6) is 1.51. The smallest absolute Gasteiger partial charge is 0.223 e. The van der Waals surface area contributed by atoms with Gasteiger partial charge in [-0.25, -0.2) is 0 Å². The Balaban J connectivity index is 2.51. The van der Waals surface area contributed by atoms with Gasteiger partial charge in [-0.2, -0.15) is 0 Å². The van der Waals surface area contributed by atoms with Gasteiger partial charge in [0.15, 0.2) is 0 Å². The molecular formula is C12H23NO. The van der Waals surface area contributed by atoms with Crippen LogP contribution in [-0.2, 0) is 4.79 Å². The number of carbonyl (C=O) groups is 1. The molecule has 1 aliphatic heterocycles. The van der Waals surface area contributed by atoms with E-state index >= 15 is 0 Å². The van der Waals surface area contributed by atoms with E-state index in [2.05, 4.69) is 32.6 Å². The van der Waals surface area contributed by atoms with Gasteiger partial charge >= 0.3 is 0 Å². The molecule has 1 amide bonds. The van der Waals surface area contributed by atoms with Crippen LogP contribution in [-0.4, -0.2) is 23.4 Å². The Bertz CT molecular complexity index is 200. The highest BCUT2D eigenvalue weighted by molar-refractivity contribution is 5.76. The van der Waals surface area contributed by atoms with Crippen LogP contribution in [0.5, 0.6) is 0 Å². The Morgan fingerprint density at radius 3 is 2.57 bits per heavy atom. The Labute approximate surface area is 87.7 Å². The molecule has 0 aromatic carbocycles. The van der Waals surface area contributed by atoms with Crippen LogP contribution in [0.3, 0.4) is 0 Å². The molecule has 0 aliphatic carbocycles. The van der Waals surface area contributed by atoms with Crippen LogP contribution < -0.4 is 0 Å². The minimum absolute atomic E-state index is 0.346. The minimum atomic E-state index is 0.346. The SMILES string of the molecule is CC(C)CC(=O)N1CC(C)CCC1C. The summed E-state index contributed by atoms with van der Waals surface area (Å²) in [6, 6.07) is 0.456. The van der Waals surface area contributed by atoms with Crippen molar-refractivity contribution in [3.63, 3.8) is 0 Å². The number of nitrogens with zero attached hydrogens (tertiary/aromatic N) is 1. The molecule has 2 atom stereocenters. The predicted octanol–water partition coefficient (Wildman–Crippen LogP) is 2.68. The van der Waals surface area contributed by atoms with E-state index in [9.17, 15) is 4.79 Å². The summed E-state index contributed by atoms with van der Waals surface area (Å²) in [5.41, 5.74) is 0. The lowest BCUT2D eigenvalue weighted by Gasteiger charge is -2.37. The summed E-state index contributed by atoms with van der Waals surface area (Å²) in [6.07, 6.45) is 3.15. The maximum absolute atomic E-state index is 11.9. The highest BCUT2D eigenvalue weighted by Crippen LogP contribution is 2.22. The van der Waals surface area contributed by atoms with Gasteiger partial charge in [-0.1, -0.05) is 20.8 Å². The van der Waals surface area contributed by atoms with Crippen LogP contribution in [0.2, 0.25) is 0 Å². The lowest BCUT2D eigenvalue weighted by molar-refractivity contribution is -0.136. The molecule has 1 fully saturated rings. The highest BCUT2D eigenvalue weighted by Gasteiger charge is 2.26. The second kappa shape index (κ2) is 4.81. The van der Waals surface area contributed by atoms with Crippen molar-refractivity contribution in [2.75, 3.05) is 6.54 Å². The maximum Gasteiger partial charge on any atom is 0.223 e. The van der Waals surface area contributed by atoms with E-state index in [0.717, 1.165) is 6.54 Å². The van der Waals surface area contributed by atoms with E-state index < -0.39 is 0 Å². The number of rotatable bonds is 2. The lowest BCUT2D eigenvalue weighted by atomic mass is 9.94. The summed E-state index contributed by atoms with van der Waals surface area (Å²) < 4.78 is 0. The molecule has 2 heteroatoms. The van der Waals surface area contributed by atoms with Crippen LogP contribution in [0.25, 0.3) is 0 Å². The van der Waals surface area contributed by atoms with Gasteiger partial charge in [-0.3, -0.25) is 4.79 Å². The van der Waals surface area contributed by atoms with Gasteiger partial charge in [0.1, 0.15) is 0 Å². The Morgan fingerprint density at radius 1 is 1.36 bits per heavy atom. The first-order valence-corrected chi connectivity index (χ1v) is 5.80. The maximum atomic E-state index is 11.9. The van der Waals surface area contributed by atoms with Crippen LogP contribution in [0.1, 0.15) is 47.0 Å². The molecule has 1 aliphatic rings. The number of likely N-dealkylation sites (tertiary alicyclic amines) is 1. The van der Waals surface area contributed by atoms with E-state index in [-0.39, 0.29) is 0 Å². The first kappa shape index (κ1) is 11.5. The molecule has 0 aromatic heterocycles. The Hall–Kier alpha value is -0.530. The standard InChI is InChI=1S/C12H23NO/c1-9(2)7-12(14)13-8-10(3)5-6-11(13)4/h9-11H,5-8H2,1-4H3. The summed E-state index contributed by atoms with van der Waals surface area (Å²) in [6.45, 7) is 9.59. The normalized spacial score (nSPS) is 28.2. The fourth-order valence-electron chi connectivity index (χ4n) is 2.10. The molecule has 1 rings (SSSR count). The number of amides is 1. The topological polar surface area (TPSA) is 20.3 Å². The monoisotopic (exact) mass is 197 g/mol. The average Bonchev–Trinajstić information content (AvgIpc) is 2.08. The zero-order valence-corrected chi connectivity index (χ0v) is 9.92. The van der Waals surface area contributed by atoms with Crippen LogP contribution >= 0.6 is 0 Å². The summed E-state index contributed by atoms with van der Waals surface area (Å²) in [5, 5.41) is 0. The first-order chi connectivity index (χ1) is 6.50. The van der Waals surface area contributed by atoms with Crippen molar-refractivity contribution < 1.29 is 4.79 Å². The second-order valence-electron chi connectivity index (χ2n) is 5.18. The van der Waals surface area contributed by atoms with E-state index in [1.165, 1.54) is 12.8 Å². The van der Waals surface area contributed by atoms with Gasteiger partial charge in [0, 0.05) is 19.0 Å². The van der Waals surface area contributed by atoms with Gasteiger partial charge in [0.05, 0.1) is 0 Å². The molecule has 1 heterocycles. The average molecular weight is 197 g/mol. The molecule has 0 N–H and O–H groups in total. The third-order valence-electron chi connectivity index (χ3n) is 3.02. The molecule has 0 saturated carbocycles. The fraction of sp³-hybridized carbons (Fsp3) is 0.917. The Morgan fingerprint density at radius 2 is 2.00 bits per heavy atom. The van der Waals surface area contributed by atoms with Gasteiger partial charge in [-0.15, -0.1) is 0 Å². The lowest BCUT2D eigenvalue weighted by Crippen LogP contribution is -2.45. The third kappa shape index (κ3) is 3.00. The quantitative estimate of drug-likeness (QED) is 0.666. The van der Waals surface area contributed by atoms with Crippen molar-refractivity contribution in [1.29, 1.82) is 0 Å². The summed E-state index contributed by atoms with van der Waals surface area (Å²) >= 11 is 0. The number of hydrogen-bond acceptors (Lipinski definition) is 1. The molecule has 82 valence electrons. The van der Waals surface area contributed by atoms with Gasteiger partial charge in [0.2, 0.25) is 5.91 Å². The molecular weight excluding hydrogens is 174 g/mol. The van der Waals surface area contributed by atoms with E-state index in [4.69, 9.17) is 0 Å². The van der Waals surface area contributed by atoms with Crippen molar-refractivity contribution in [2.24, 2.45) is 11.8 Å². The van der Waals surface area contributed by atoms with Gasteiger partial charge in [-0.05, 0) is 31.6 Å². The predicted molar refractivity (Wildman–Crippen MR) is 59.0 cm³/mol. The molecule has 2 unspecified atom stereocenters. The van der Waals surface area contributed by atoms with Gasteiger partial charge in [0.25, 0.3) is 0 Å². The first-order valence-electron chi connectivity index (χ1n) is 5.80. The summed E-state index contributed by atoms with van der Waals surface area (Å²) in [7, 11) is 0. The molecule has 0 bridgehead atoms. The number of carbonyl (C=O) groups excluding carboxylic acids is 1.